The smallest absolute Gasteiger partial charge is 0.251 e. The molecule has 0 aliphatic carbocycles. The minimum absolute atomic E-state index is 0.0354. The number of nitrogens with zero attached hydrogens (tertiary/aromatic N) is 1. The van der Waals surface area contributed by atoms with Crippen LogP contribution in [0.15, 0.2) is 30.3 Å². The molecule has 1 saturated heterocycles. The van der Waals surface area contributed by atoms with Crippen molar-refractivity contribution in [3.05, 3.63) is 35.9 Å². The van der Waals surface area contributed by atoms with Gasteiger partial charge in [-0.2, -0.15) is 0 Å². The summed E-state index contributed by atoms with van der Waals surface area (Å²) >= 11 is 0. The maximum absolute atomic E-state index is 12.1. The van der Waals surface area contributed by atoms with Gasteiger partial charge in [-0.25, -0.2) is 0 Å². The zero-order chi connectivity index (χ0) is 14.4. The highest BCUT2D eigenvalue weighted by Gasteiger charge is 2.23. The van der Waals surface area contributed by atoms with E-state index in [1.54, 1.807) is 0 Å². The second-order valence-corrected chi connectivity index (χ2v) is 5.98. The van der Waals surface area contributed by atoms with Crippen molar-refractivity contribution in [3.63, 3.8) is 0 Å². The van der Waals surface area contributed by atoms with Crippen molar-refractivity contribution in [2.75, 3.05) is 19.6 Å². The van der Waals surface area contributed by atoms with Crippen LogP contribution in [0.5, 0.6) is 0 Å². The Labute approximate surface area is 122 Å². The summed E-state index contributed by atoms with van der Waals surface area (Å²) in [5.74, 6) is 0.595. The van der Waals surface area contributed by atoms with Crippen LogP contribution in [0.3, 0.4) is 0 Å². The number of rotatable bonds is 5. The number of piperidine rings is 1. The van der Waals surface area contributed by atoms with Crippen LogP contribution in [0.1, 0.15) is 43.5 Å². The maximum Gasteiger partial charge on any atom is 0.251 e. The van der Waals surface area contributed by atoms with E-state index in [9.17, 15) is 4.79 Å². The maximum atomic E-state index is 12.1. The van der Waals surface area contributed by atoms with Crippen molar-refractivity contribution in [2.24, 2.45) is 5.92 Å². The molecule has 1 atom stereocenters. The predicted molar refractivity (Wildman–Crippen MR) is 82.8 cm³/mol. The molecular weight excluding hydrogens is 248 g/mol. The number of amides is 1. The molecule has 0 aromatic heterocycles. The number of hydrogen-bond acceptors (Lipinski definition) is 2. The number of nitrogens with one attached hydrogen (secondary N) is 1. The molecule has 2 rings (SSSR count). The molecule has 110 valence electrons. The molecular formula is C17H26N2O. The van der Waals surface area contributed by atoms with Gasteiger partial charge >= 0.3 is 0 Å². The van der Waals surface area contributed by atoms with E-state index in [1.165, 1.54) is 32.4 Å². The minimum atomic E-state index is 0.0354. The highest BCUT2D eigenvalue weighted by atomic mass is 16.1. The Balaban J connectivity index is 1.90. The normalized spacial score (nSPS) is 17.9. The van der Waals surface area contributed by atoms with Crippen molar-refractivity contribution in [1.29, 1.82) is 0 Å². The summed E-state index contributed by atoms with van der Waals surface area (Å²) in [6.45, 7) is 7.57. The summed E-state index contributed by atoms with van der Waals surface area (Å²) in [6.07, 6.45) is 3.92. The van der Waals surface area contributed by atoms with E-state index in [2.05, 4.69) is 24.1 Å². The SMILES string of the molecule is CC(C)C(CNC(=O)c1ccccc1)N1CCCCC1. The minimum Gasteiger partial charge on any atom is -0.350 e. The molecule has 1 amide bonds. The van der Waals surface area contributed by atoms with Crippen molar-refractivity contribution in [2.45, 2.75) is 39.2 Å². The molecule has 1 aromatic carbocycles. The number of benzene rings is 1. The Bertz CT molecular complexity index is 410. The highest BCUT2D eigenvalue weighted by molar-refractivity contribution is 5.94. The van der Waals surface area contributed by atoms with E-state index in [0.29, 0.717) is 12.0 Å². The number of likely N-dealkylation sites (tertiary alicyclic amines) is 1. The average Bonchev–Trinajstić information content (AvgIpc) is 2.49. The molecule has 1 aliphatic heterocycles. The van der Waals surface area contributed by atoms with Crippen molar-refractivity contribution < 1.29 is 4.79 Å². The fraction of sp³-hybridized carbons (Fsp3) is 0.588. The van der Waals surface area contributed by atoms with Crippen molar-refractivity contribution >= 4 is 5.91 Å². The van der Waals surface area contributed by atoms with Gasteiger partial charge in [-0.15, -0.1) is 0 Å². The fourth-order valence-corrected chi connectivity index (χ4v) is 2.93. The summed E-state index contributed by atoms with van der Waals surface area (Å²) in [6, 6.07) is 9.91. The van der Waals surface area contributed by atoms with E-state index in [4.69, 9.17) is 0 Å². The van der Waals surface area contributed by atoms with Gasteiger partial charge in [-0.3, -0.25) is 9.69 Å². The van der Waals surface area contributed by atoms with Crippen LogP contribution < -0.4 is 5.32 Å². The van der Waals surface area contributed by atoms with Crippen LogP contribution in [0, 0.1) is 5.92 Å². The van der Waals surface area contributed by atoms with Gasteiger partial charge in [0.25, 0.3) is 5.91 Å². The van der Waals surface area contributed by atoms with Gasteiger partial charge in [0.2, 0.25) is 0 Å². The first-order chi connectivity index (χ1) is 9.68. The zero-order valence-corrected chi connectivity index (χ0v) is 12.6. The van der Waals surface area contributed by atoms with E-state index in [1.807, 2.05) is 30.3 Å². The molecule has 1 unspecified atom stereocenters. The number of carbonyl (C=O) groups excluding carboxylic acids is 1. The molecule has 0 saturated carbocycles. The molecule has 0 spiro atoms. The summed E-state index contributed by atoms with van der Waals surface area (Å²) < 4.78 is 0. The zero-order valence-electron chi connectivity index (χ0n) is 12.6. The molecule has 3 heteroatoms. The Morgan fingerprint density at radius 2 is 1.80 bits per heavy atom. The van der Waals surface area contributed by atoms with Crippen molar-refractivity contribution in [1.82, 2.24) is 10.2 Å². The lowest BCUT2D eigenvalue weighted by molar-refractivity contribution is 0.0895. The van der Waals surface area contributed by atoms with Crippen LogP contribution >= 0.6 is 0 Å². The third-order valence-electron chi connectivity index (χ3n) is 4.14. The average molecular weight is 274 g/mol. The van der Waals surface area contributed by atoms with E-state index in [-0.39, 0.29) is 5.91 Å². The quantitative estimate of drug-likeness (QED) is 0.895. The van der Waals surface area contributed by atoms with Crippen LogP contribution in [0.25, 0.3) is 0 Å². The summed E-state index contributed by atoms with van der Waals surface area (Å²) in [5.41, 5.74) is 0.744. The predicted octanol–water partition coefficient (Wildman–Crippen LogP) is 2.93. The first kappa shape index (κ1) is 15.0. The first-order valence-electron chi connectivity index (χ1n) is 7.76. The first-order valence-corrected chi connectivity index (χ1v) is 7.76. The van der Waals surface area contributed by atoms with Gasteiger partial charge in [0.1, 0.15) is 0 Å². The van der Waals surface area contributed by atoms with Crippen LogP contribution in [0.2, 0.25) is 0 Å². The lowest BCUT2D eigenvalue weighted by Gasteiger charge is -2.37. The van der Waals surface area contributed by atoms with Gasteiger partial charge in [-0.1, -0.05) is 38.5 Å². The van der Waals surface area contributed by atoms with E-state index in [0.717, 1.165) is 12.1 Å². The summed E-state index contributed by atoms with van der Waals surface area (Å²) in [5, 5.41) is 3.10. The second kappa shape index (κ2) is 7.44. The molecule has 0 radical (unpaired) electrons. The Hall–Kier alpha value is -1.35. The molecule has 0 bridgehead atoms. The lowest BCUT2D eigenvalue weighted by atomic mass is 9.99. The van der Waals surface area contributed by atoms with Crippen LogP contribution in [-0.4, -0.2) is 36.5 Å². The fourth-order valence-electron chi connectivity index (χ4n) is 2.93. The lowest BCUT2D eigenvalue weighted by Crippen LogP contribution is -2.48. The number of carbonyl (C=O) groups is 1. The monoisotopic (exact) mass is 274 g/mol. The molecule has 1 N–H and O–H groups in total. The Kier molecular flexibility index (Phi) is 5.60. The van der Waals surface area contributed by atoms with Gasteiger partial charge in [0.15, 0.2) is 0 Å². The topological polar surface area (TPSA) is 32.3 Å². The molecule has 1 heterocycles. The van der Waals surface area contributed by atoms with Gasteiger partial charge in [-0.05, 0) is 44.0 Å². The van der Waals surface area contributed by atoms with Crippen LogP contribution in [0.4, 0.5) is 0 Å². The molecule has 3 nitrogen and oxygen atoms in total. The number of hydrogen-bond donors (Lipinski definition) is 1. The molecule has 1 aromatic rings. The summed E-state index contributed by atoms with van der Waals surface area (Å²) in [7, 11) is 0. The van der Waals surface area contributed by atoms with E-state index < -0.39 is 0 Å². The van der Waals surface area contributed by atoms with Gasteiger partial charge < -0.3 is 5.32 Å². The summed E-state index contributed by atoms with van der Waals surface area (Å²) in [4.78, 5) is 14.7. The highest BCUT2D eigenvalue weighted by Crippen LogP contribution is 2.17. The molecule has 1 aliphatic rings. The Morgan fingerprint density at radius 3 is 2.40 bits per heavy atom. The molecule has 1 fully saturated rings. The van der Waals surface area contributed by atoms with Crippen LogP contribution in [-0.2, 0) is 0 Å². The van der Waals surface area contributed by atoms with E-state index >= 15 is 0 Å². The molecule has 20 heavy (non-hydrogen) atoms. The second-order valence-electron chi connectivity index (χ2n) is 5.98. The third-order valence-corrected chi connectivity index (χ3v) is 4.14. The van der Waals surface area contributed by atoms with Gasteiger partial charge in [0, 0.05) is 18.2 Å². The van der Waals surface area contributed by atoms with Crippen molar-refractivity contribution in [3.8, 4) is 0 Å². The largest absolute Gasteiger partial charge is 0.350 e. The van der Waals surface area contributed by atoms with Gasteiger partial charge in [0.05, 0.1) is 0 Å². The Morgan fingerprint density at radius 1 is 1.15 bits per heavy atom. The standard InChI is InChI=1S/C17H26N2O/c1-14(2)16(19-11-7-4-8-12-19)13-18-17(20)15-9-5-3-6-10-15/h3,5-6,9-10,14,16H,4,7-8,11-13H2,1-2H3,(H,18,20). The third kappa shape index (κ3) is 4.07.